The second-order valence-corrected chi connectivity index (χ2v) is 17.0. The number of hydrogen-bond donors (Lipinski definition) is 0. The Kier molecular flexibility index (Phi) is 8.86. The lowest BCUT2D eigenvalue weighted by Gasteiger charge is -2.28. The number of ether oxygens (including phenoxy) is 2. The summed E-state index contributed by atoms with van der Waals surface area (Å²) in [5.41, 5.74) is 7.19. The summed E-state index contributed by atoms with van der Waals surface area (Å²) in [5.74, 6) is 2.48. The first-order valence-corrected chi connectivity index (χ1v) is 18.5. The largest absolute Gasteiger partial charge is 0.444 e. The summed E-state index contributed by atoms with van der Waals surface area (Å²) < 4.78 is 15.8. The molecule has 0 radical (unpaired) electrons. The number of imidazole rings is 2. The van der Waals surface area contributed by atoms with Crippen LogP contribution >= 0.6 is 0 Å². The first-order valence-electron chi connectivity index (χ1n) is 18.5. The number of carbonyl (C=O) groups excluding carboxylic acids is 2. The van der Waals surface area contributed by atoms with Crippen molar-refractivity contribution in [3.05, 3.63) is 72.3 Å². The van der Waals surface area contributed by atoms with Crippen LogP contribution < -0.4 is 0 Å². The summed E-state index contributed by atoms with van der Waals surface area (Å²) in [6, 6.07) is 21.1. The number of nitrogens with zero attached hydrogens (tertiary/aromatic N) is 6. The minimum Gasteiger partial charge on any atom is -0.444 e. The number of aromatic nitrogens is 4. The first kappa shape index (κ1) is 35.5. The minimum absolute atomic E-state index is 0.136. The van der Waals surface area contributed by atoms with E-state index in [0.29, 0.717) is 24.9 Å². The van der Waals surface area contributed by atoms with Gasteiger partial charge in [-0.05, 0) is 113 Å². The molecule has 2 saturated heterocycles. The predicted octanol–water partition coefficient (Wildman–Crippen LogP) is 9.43. The Morgan fingerprint density at radius 2 is 0.942 bits per heavy atom. The molecule has 0 N–H and O–H groups in total. The number of fused-ring (bicyclic) bond motifs is 2. The van der Waals surface area contributed by atoms with E-state index >= 15 is 0 Å². The predicted molar refractivity (Wildman–Crippen MR) is 205 cm³/mol. The molecule has 3 aromatic carbocycles. The van der Waals surface area contributed by atoms with E-state index < -0.39 is 11.2 Å². The topological polar surface area (TPSA) is 94.7 Å². The summed E-state index contributed by atoms with van der Waals surface area (Å²) in [6.07, 6.45) is 1.12. The van der Waals surface area contributed by atoms with Gasteiger partial charge in [-0.15, -0.1) is 0 Å². The fourth-order valence-electron chi connectivity index (χ4n) is 7.85. The average molecular weight is 705 g/mol. The molecule has 5 aromatic rings. The van der Waals surface area contributed by atoms with Crippen LogP contribution in [-0.4, -0.2) is 65.4 Å². The van der Waals surface area contributed by atoms with E-state index in [1.165, 1.54) is 0 Å². The van der Waals surface area contributed by atoms with Crippen LogP contribution in [0.15, 0.2) is 60.7 Å². The number of aryl methyl sites for hydroxylation is 2. The normalized spacial score (nSPS) is 21.0. The first-order chi connectivity index (χ1) is 24.5. The number of amides is 2. The van der Waals surface area contributed by atoms with Crippen molar-refractivity contribution in [2.75, 3.05) is 13.1 Å². The van der Waals surface area contributed by atoms with Crippen molar-refractivity contribution in [2.45, 2.75) is 91.5 Å². The van der Waals surface area contributed by atoms with E-state index in [0.717, 1.165) is 68.8 Å². The molecule has 2 fully saturated rings. The number of rotatable bonds is 4. The average Bonchev–Trinajstić information content (AvgIpc) is 3.82. The monoisotopic (exact) mass is 704 g/mol. The van der Waals surface area contributed by atoms with Gasteiger partial charge in [0.05, 0.1) is 34.2 Å². The lowest BCUT2D eigenvalue weighted by Crippen LogP contribution is -2.37. The van der Waals surface area contributed by atoms with Gasteiger partial charge >= 0.3 is 12.2 Å². The van der Waals surface area contributed by atoms with Crippen molar-refractivity contribution in [1.82, 2.24) is 28.9 Å². The number of hydrogen-bond acceptors (Lipinski definition) is 6. The second kappa shape index (κ2) is 13.0. The molecule has 2 aliphatic heterocycles. The Labute approximate surface area is 306 Å². The van der Waals surface area contributed by atoms with Crippen molar-refractivity contribution in [1.29, 1.82) is 0 Å². The van der Waals surface area contributed by atoms with Crippen LogP contribution in [0.2, 0.25) is 0 Å². The molecule has 0 bridgehead atoms. The standard InChI is InChI=1S/C42H52N6O4/c1-25-19-35(47(23-25)39(49)51-41(3,4)5)37-43-31-17-15-29(21-33(31)45(37)9)27-11-13-28(14-12-27)30-16-18-32-34(22-30)46(10)38(44-32)36-20-26(2)24-48(36)40(50)52-42(6,7)8/h11-18,21-22,25-26,35-36H,19-20,23-24H2,1-10H3/t25-,26-,35-,36-/m0/s1. The van der Waals surface area contributed by atoms with Crippen LogP contribution in [0.3, 0.4) is 0 Å². The van der Waals surface area contributed by atoms with Crippen molar-refractivity contribution in [3.63, 3.8) is 0 Å². The van der Waals surface area contributed by atoms with Crippen LogP contribution in [0.4, 0.5) is 9.59 Å². The molecule has 0 saturated carbocycles. The highest BCUT2D eigenvalue weighted by Crippen LogP contribution is 2.39. The maximum absolute atomic E-state index is 13.2. The third-order valence-electron chi connectivity index (χ3n) is 10.3. The van der Waals surface area contributed by atoms with Crippen molar-refractivity contribution in [3.8, 4) is 22.3 Å². The van der Waals surface area contributed by atoms with E-state index in [2.05, 4.69) is 83.6 Å². The molecule has 52 heavy (non-hydrogen) atoms. The van der Waals surface area contributed by atoms with Gasteiger partial charge in [-0.25, -0.2) is 19.6 Å². The maximum atomic E-state index is 13.2. The van der Waals surface area contributed by atoms with Crippen LogP contribution in [-0.2, 0) is 23.6 Å². The van der Waals surface area contributed by atoms with E-state index in [1.54, 1.807) is 0 Å². The quantitative estimate of drug-likeness (QED) is 0.185. The molecule has 4 atom stereocenters. The third-order valence-corrected chi connectivity index (χ3v) is 10.3. The van der Waals surface area contributed by atoms with Crippen LogP contribution in [0.5, 0.6) is 0 Å². The van der Waals surface area contributed by atoms with E-state index in [1.807, 2.05) is 65.4 Å². The molecule has 4 heterocycles. The van der Waals surface area contributed by atoms with Gasteiger partial charge < -0.3 is 18.6 Å². The van der Waals surface area contributed by atoms with Gasteiger partial charge in [-0.3, -0.25) is 9.80 Å². The van der Waals surface area contributed by atoms with Gasteiger partial charge in [0, 0.05) is 27.2 Å². The third kappa shape index (κ3) is 6.87. The van der Waals surface area contributed by atoms with E-state index in [4.69, 9.17) is 19.4 Å². The number of benzene rings is 3. The summed E-state index contributed by atoms with van der Waals surface area (Å²) in [6.45, 7) is 17.1. The van der Waals surface area contributed by atoms with Gasteiger partial charge in [-0.2, -0.15) is 0 Å². The van der Waals surface area contributed by atoms with Gasteiger partial charge in [0.15, 0.2) is 0 Å². The Balaban J connectivity index is 1.13. The zero-order valence-corrected chi connectivity index (χ0v) is 32.2. The lowest BCUT2D eigenvalue weighted by molar-refractivity contribution is 0.0202. The molecule has 0 aliphatic carbocycles. The molecule has 0 spiro atoms. The van der Waals surface area contributed by atoms with Crippen molar-refractivity contribution in [2.24, 2.45) is 25.9 Å². The van der Waals surface area contributed by atoms with Gasteiger partial charge in [-0.1, -0.05) is 50.2 Å². The van der Waals surface area contributed by atoms with Gasteiger partial charge in [0.25, 0.3) is 0 Å². The number of carbonyl (C=O) groups is 2. The van der Waals surface area contributed by atoms with Crippen LogP contribution in [0.25, 0.3) is 44.3 Å². The molecular weight excluding hydrogens is 653 g/mol. The van der Waals surface area contributed by atoms with Crippen LogP contribution in [0, 0.1) is 11.8 Å². The second-order valence-electron chi connectivity index (χ2n) is 17.0. The smallest absolute Gasteiger partial charge is 0.410 e. The lowest BCUT2D eigenvalue weighted by atomic mass is 10.00. The zero-order valence-electron chi connectivity index (χ0n) is 32.2. The molecule has 10 heteroatoms. The molecule has 2 aliphatic rings. The molecule has 10 nitrogen and oxygen atoms in total. The van der Waals surface area contributed by atoms with Gasteiger partial charge in [0.2, 0.25) is 0 Å². The Bertz CT molecular complexity index is 2000. The van der Waals surface area contributed by atoms with E-state index in [-0.39, 0.29) is 24.3 Å². The molecule has 2 amide bonds. The van der Waals surface area contributed by atoms with E-state index in [9.17, 15) is 9.59 Å². The minimum atomic E-state index is -0.555. The molecule has 7 rings (SSSR count). The summed E-state index contributed by atoms with van der Waals surface area (Å²) >= 11 is 0. The molecule has 0 unspecified atom stereocenters. The van der Waals surface area contributed by atoms with Crippen molar-refractivity contribution >= 4 is 34.3 Å². The SMILES string of the molecule is C[C@H]1C[C@@H](c2nc3ccc(-c4ccc(-c5ccc6nc([C@@H]7C[C@H](C)CN7C(=O)OC(C)(C)C)n(C)c6c5)cc4)cc3n2C)N(C(=O)OC(C)(C)C)C1. The molecular formula is C42H52N6O4. The fourth-order valence-corrected chi connectivity index (χ4v) is 7.85. The highest BCUT2D eigenvalue weighted by atomic mass is 16.6. The fraction of sp³-hybridized carbons (Fsp3) is 0.476. The molecule has 2 aromatic heterocycles. The summed E-state index contributed by atoms with van der Waals surface area (Å²) in [7, 11) is 4.08. The maximum Gasteiger partial charge on any atom is 0.410 e. The van der Waals surface area contributed by atoms with Crippen molar-refractivity contribution < 1.29 is 19.1 Å². The number of likely N-dealkylation sites (tertiary alicyclic amines) is 2. The highest BCUT2D eigenvalue weighted by Gasteiger charge is 2.40. The zero-order chi connectivity index (χ0) is 37.3. The summed E-state index contributed by atoms with van der Waals surface area (Å²) in [5, 5.41) is 0. The Morgan fingerprint density at radius 3 is 1.29 bits per heavy atom. The summed E-state index contributed by atoms with van der Waals surface area (Å²) in [4.78, 5) is 40.0. The van der Waals surface area contributed by atoms with Gasteiger partial charge in [0.1, 0.15) is 22.9 Å². The molecule has 274 valence electrons. The Morgan fingerprint density at radius 1 is 0.596 bits per heavy atom. The van der Waals surface area contributed by atoms with Crippen LogP contribution in [0.1, 0.15) is 92.0 Å². The Hall–Kier alpha value is -4.86. The highest BCUT2D eigenvalue weighted by molar-refractivity contribution is 5.85.